The van der Waals surface area contributed by atoms with Crippen LogP contribution in [0.15, 0.2) is 48.5 Å². The molecule has 2 aliphatic heterocycles. The fourth-order valence-corrected chi connectivity index (χ4v) is 5.09. The van der Waals surface area contributed by atoms with Gasteiger partial charge in [0.1, 0.15) is 5.82 Å². The van der Waals surface area contributed by atoms with Gasteiger partial charge in [0.15, 0.2) is 0 Å². The highest BCUT2D eigenvalue weighted by Crippen LogP contribution is 2.27. The zero-order valence-electron chi connectivity index (χ0n) is 18.8. The van der Waals surface area contributed by atoms with Crippen molar-refractivity contribution in [3.05, 3.63) is 54.3 Å². The van der Waals surface area contributed by atoms with Crippen molar-refractivity contribution in [3.8, 4) is 11.1 Å². The van der Waals surface area contributed by atoms with E-state index in [4.69, 9.17) is 0 Å². The average molecular weight is 437 g/mol. The molecule has 2 saturated heterocycles. The molecule has 0 aromatic heterocycles. The molecule has 170 valence electrons. The normalized spacial score (nSPS) is 20.9. The van der Waals surface area contributed by atoms with Crippen molar-refractivity contribution in [2.45, 2.75) is 25.3 Å². The van der Waals surface area contributed by atoms with Crippen molar-refractivity contribution < 1.29 is 9.18 Å². The number of halogens is 1. The molecule has 2 aromatic carbocycles. The molecule has 0 spiro atoms. The van der Waals surface area contributed by atoms with Crippen LogP contribution < -0.4 is 4.90 Å². The first-order valence-electron chi connectivity index (χ1n) is 12.0. The lowest BCUT2D eigenvalue weighted by atomic mass is 9.91. The van der Waals surface area contributed by atoms with Crippen LogP contribution >= 0.6 is 0 Å². The Morgan fingerprint density at radius 1 is 0.844 bits per heavy atom. The van der Waals surface area contributed by atoms with E-state index in [0.717, 1.165) is 69.7 Å². The predicted molar refractivity (Wildman–Crippen MR) is 126 cm³/mol. The third-order valence-electron chi connectivity index (χ3n) is 7.41. The SMILES string of the molecule is O=C(CN1CCN(c2ccc(-c3ccccc3F)cc2)CC1)N1CCN(C2CCC2)CC1. The van der Waals surface area contributed by atoms with Crippen molar-refractivity contribution in [2.24, 2.45) is 0 Å². The maximum absolute atomic E-state index is 14.0. The molecule has 32 heavy (non-hydrogen) atoms. The number of hydrogen-bond acceptors (Lipinski definition) is 4. The van der Waals surface area contributed by atoms with Gasteiger partial charge in [-0.25, -0.2) is 4.39 Å². The summed E-state index contributed by atoms with van der Waals surface area (Å²) in [4.78, 5) is 22.1. The smallest absolute Gasteiger partial charge is 0.236 e. The summed E-state index contributed by atoms with van der Waals surface area (Å²) in [7, 11) is 0. The molecule has 6 heteroatoms. The van der Waals surface area contributed by atoms with E-state index < -0.39 is 0 Å². The molecule has 1 aliphatic carbocycles. The van der Waals surface area contributed by atoms with Gasteiger partial charge < -0.3 is 9.80 Å². The van der Waals surface area contributed by atoms with Gasteiger partial charge in [-0.15, -0.1) is 0 Å². The van der Waals surface area contributed by atoms with Gasteiger partial charge in [-0.05, 0) is 36.6 Å². The van der Waals surface area contributed by atoms with E-state index in [9.17, 15) is 9.18 Å². The van der Waals surface area contributed by atoms with E-state index in [0.29, 0.717) is 12.1 Å². The Morgan fingerprint density at radius 2 is 1.53 bits per heavy atom. The summed E-state index contributed by atoms with van der Waals surface area (Å²) in [6, 6.07) is 15.8. The molecule has 5 rings (SSSR count). The van der Waals surface area contributed by atoms with Crippen molar-refractivity contribution >= 4 is 11.6 Å². The Bertz CT molecular complexity index is 914. The molecule has 2 aromatic rings. The Hall–Kier alpha value is -2.44. The number of hydrogen-bond donors (Lipinski definition) is 0. The zero-order chi connectivity index (χ0) is 21.9. The van der Waals surface area contributed by atoms with Crippen LogP contribution in [0.5, 0.6) is 0 Å². The Kier molecular flexibility index (Phi) is 6.42. The van der Waals surface area contributed by atoms with Gasteiger partial charge >= 0.3 is 0 Å². The highest BCUT2D eigenvalue weighted by molar-refractivity contribution is 5.78. The Balaban J connectivity index is 1.09. The number of nitrogens with zero attached hydrogens (tertiary/aromatic N) is 4. The molecule has 0 N–H and O–H groups in total. The molecular formula is C26H33FN4O. The number of benzene rings is 2. The van der Waals surface area contributed by atoms with Crippen molar-refractivity contribution in [2.75, 3.05) is 63.8 Å². The molecule has 3 aliphatic rings. The summed E-state index contributed by atoms with van der Waals surface area (Å²) >= 11 is 0. The van der Waals surface area contributed by atoms with Gasteiger partial charge in [0.2, 0.25) is 5.91 Å². The molecule has 1 amide bonds. The quantitative estimate of drug-likeness (QED) is 0.720. The third-order valence-corrected chi connectivity index (χ3v) is 7.41. The molecule has 2 heterocycles. The number of carbonyl (C=O) groups excluding carboxylic acids is 1. The third kappa shape index (κ3) is 4.66. The van der Waals surface area contributed by atoms with Crippen molar-refractivity contribution in [3.63, 3.8) is 0 Å². The standard InChI is InChI=1S/C26H33FN4O/c27-25-7-2-1-6-24(25)21-8-10-23(11-9-21)29-14-12-28(13-15-29)20-26(32)31-18-16-30(17-19-31)22-4-3-5-22/h1-2,6-11,22H,3-5,12-20H2. The maximum Gasteiger partial charge on any atom is 0.236 e. The maximum atomic E-state index is 14.0. The van der Waals surface area contributed by atoms with Crippen LogP contribution in [0.25, 0.3) is 11.1 Å². The summed E-state index contributed by atoms with van der Waals surface area (Å²) in [5.41, 5.74) is 2.69. The van der Waals surface area contributed by atoms with Crippen LogP contribution in [-0.4, -0.2) is 85.6 Å². The minimum absolute atomic E-state index is 0.192. The van der Waals surface area contributed by atoms with E-state index >= 15 is 0 Å². The van der Waals surface area contributed by atoms with E-state index in [-0.39, 0.29) is 11.7 Å². The van der Waals surface area contributed by atoms with E-state index in [2.05, 4.69) is 31.7 Å². The molecule has 1 saturated carbocycles. The van der Waals surface area contributed by atoms with E-state index in [1.54, 1.807) is 6.07 Å². The second-order valence-electron chi connectivity index (χ2n) is 9.29. The highest BCUT2D eigenvalue weighted by Gasteiger charge is 2.30. The van der Waals surface area contributed by atoms with Gasteiger partial charge in [0.25, 0.3) is 0 Å². The molecule has 5 nitrogen and oxygen atoms in total. The van der Waals surface area contributed by atoms with Crippen LogP contribution in [0, 0.1) is 5.82 Å². The minimum atomic E-state index is -0.192. The number of carbonyl (C=O) groups is 1. The van der Waals surface area contributed by atoms with Crippen LogP contribution in [0.2, 0.25) is 0 Å². The molecule has 0 atom stereocenters. The second-order valence-corrected chi connectivity index (χ2v) is 9.29. The summed E-state index contributed by atoms with van der Waals surface area (Å²) in [5, 5.41) is 0. The van der Waals surface area contributed by atoms with E-state index in [1.807, 2.05) is 24.3 Å². The largest absolute Gasteiger partial charge is 0.369 e. The number of piperazine rings is 2. The summed E-state index contributed by atoms with van der Waals surface area (Å²) in [6.45, 7) is 7.95. The van der Waals surface area contributed by atoms with Gasteiger partial charge in [0.05, 0.1) is 6.54 Å². The monoisotopic (exact) mass is 436 g/mol. The molecule has 0 bridgehead atoms. The summed E-state index contributed by atoms with van der Waals surface area (Å²) in [5.74, 6) is 0.0870. The van der Waals surface area contributed by atoms with Gasteiger partial charge in [-0.3, -0.25) is 14.6 Å². The fraction of sp³-hybridized carbons (Fsp3) is 0.500. The topological polar surface area (TPSA) is 30.0 Å². The van der Waals surface area contributed by atoms with Crippen molar-refractivity contribution in [1.29, 1.82) is 0 Å². The lowest BCUT2D eigenvalue weighted by Gasteiger charge is -2.43. The van der Waals surface area contributed by atoms with E-state index in [1.165, 1.54) is 25.3 Å². The summed E-state index contributed by atoms with van der Waals surface area (Å²) < 4.78 is 14.0. The first-order chi connectivity index (χ1) is 15.7. The molecule has 3 fully saturated rings. The fourth-order valence-electron chi connectivity index (χ4n) is 5.09. The first-order valence-corrected chi connectivity index (χ1v) is 12.0. The van der Waals surface area contributed by atoms with Gasteiger partial charge in [0, 0.05) is 69.7 Å². The number of anilines is 1. The lowest BCUT2D eigenvalue weighted by Crippen LogP contribution is -2.56. The first kappa shape index (κ1) is 21.4. The molecule has 0 radical (unpaired) electrons. The van der Waals surface area contributed by atoms with Gasteiger partial charge in [-0.1, -0.05) is 36.8 Å². The van der Waals surface area contributed by atoms with Crippen LogP contribution in [-0.2, 0) is 4.79 Å². The van der Waals surface area contributed by atoms with Crippen molar-refractivity contribution in [1.82, 2.24) is 14.7 Å². The number of amides is 1. The highest BCUT2D eigenvalue weighted by atomic mass is 19.1. The Morgan fingerprint density at radius 3 is 2.16 bits per heavy atom. The lowest BCUT2D eigenvalue weighted by molar-refractivity contribution is -0.134. The average Bonchev–Trinajstić information content (AvgIpc) is 2.79. The number of rotatable bonds is 5. The molecule has 0 unspecified atom stereocenters. The predicted octanol–water partition coefficient (Wildman–Crippen LogP) is 3.31. The summed E-state index contributed by atoms with van der Waals surface area (Å²) in [6.07, 6.45) is 4.04. The van der Waals surface area contributed by atoms with Crippen LogP contribution in [0.1, 0.15) is 19.3 Å². The molecular weight excluding hydrogens is 403 g/mol. The minimum Gasteiger partial charge on any atom is -0.369 e. The zero-order valence-corrected chi connectivity index (χ0v) is 18.8. The second kappa shape index (κ2) is 9.59. The Labute approximate surface area is 190 Å². The van der Waals surface area contributed by atoms with Crippen LogP contribution in [0.4, 0.5) is 10.1 Å². The van der Waals surface area contributed by atoms with Gasteiger partial charge in [-0.2, -0.15) is 0 Å². The van der Waals surface area contributed by atoms with Crippen LogP contribution in [0.3, 0.4) is 0 Å².